The number of aromatic nitrogens is 4. The van der Waals surface area contributed by atoms with Gasteiger partial charge in [0.2, 0.25) is 5.72 Å². The molecule has 0 radical (unpaired) electrons. The zero-order valence-electron chi connectivity index (χ0n) is 11.1. The molecule has 0 aliphatic carbocycles. The first kappa shape index (κ1) is 14.6. The summed E-state index contributed by atoms with van der Waals surface area (Å²) in [6, 6.07) is 0. The number of aliphatic hydroxyl groups excluding tert-OH is 3. The van der Waals surface area contributed by atoms with E-state index < -0.39 is 36.7 Å². The molecule has 3 rings (SSSR count). The van der Waals surface area contributed by atoms with Crippen LogP contribution in [0.4, 0.5) is 10.2 Å². The van der Waals surface area contributed by atoms with Crippen molar-refractivity contribution in [3.8, 4) is 12.3 Å². The Morgan fingerprint density at radius 3 is 2.82 bits per heavy atom. The van der Waals surface area contributed by atoms with Gasteiger partial charge in [-0.05, 0) is 5.92 Å². The molecule has 0 unspecified atom stereocenters. The van der Waals surface area contributed by atoms with Crippen LogP contribution in [0.25, 0.3) is 11.2 Å². The lowest BCUT2D eigenvalue weighted by atomic mass is 10.0. The van der Waals surface area contributed by atoms with E-state index in [9.17, 15) is 19.7 Å². The summed E-state index contributed by atoms with van der Waals surface area (Å²) in [5, 5.41) is 29.3. The molecule has 4 atom stereocenters. The zero-order valence-corrected chi connectivity index (χ0v) is 11.1. The number of anilines is 1. The van der Waals surface area contributed by atoms with Crippen LogP contribution >= 0.6 is 0 Å². The quantitative estimate of drug-likeness (QED) is 0.367. The number of aliphatic hydroxyl groups is 3. The molecule has 0 aromatic carbocycles. The number of fused-ring (bicyclic) bond motifs is 1. The standard InChI is InChI=1S/C12H12FN5O4/c1-2-12(8(21)7(20)5(3-19)22-12)18-4-15-6-9(14)16-11(13)17-10(6)18/h1,4-5,7-8,19-21H,3H2,(H2,14,16,17)/t5-,7-,8-,12-/m1/s1. The topological polar surface area (TPSA) is 140 Å². The normalized spacial score (nSPS) is 31.5. The number of hydrogen-bond acceptors (Lipinski definition) is 8. The molecule has 1 fully saturated rings. The number of nitrogens with two attached hydrogens (primary N) is 1. The van der Waals surface area contributed by atoms with Gasteiger partial charge >= 0.3 is 6.08 Å². The molecule has 0 bridgehead atoms. The highest BCUT2D eigenvalue weighted by Gasteiger charge is 2.55. The second-order valence-corrected chi connectivity index (χ2v) is 4.78. The van der Waals surface area contributed by atoms with E-state index in [4.69, 9.17) is 16.9 Å². The van der Waals surface area contributed by atoms with Gasteiger partial charge in [-0.15, -0.1) is 6.42 Å². The maximum Gasteiger partial charge on any atom is 0.312 e. The zero-order chi connectivity index (χ0) is 16.1. The van der Waals surface area contributed by atoms with Crippen molar-refractivity contribution >= 4 is 17.0 Å². The van der Waals surface area contributed by atoms with Crippen LogP contribution < -0.4 is 5.73 Å². The summed E-state index contributed by atoms with van der Waals surface area (Å²) in [5.74, 6) is 2.00. The first-order chi connectivity index (χ1) is 10.4. The van der Waals surface area contributed by atoms with Gasteiger partial charge in [0.25, 0.3) is 0 Å². The number of nitrogen functional groups attached to an aromatic ring is 1. The van der Waals surface area contributed by atoms with Gasteiger partial charge in [-0.25, -0.2) is 4.98 Å². The molecule has 3 heterocycles. The molecule has 2 aromatic rings. The number of halogens is 1. The van der Waals surface area contributed by atoms with Gasteiger partial charge in [-0.3, -0.25) is 4.57 Å². The minimum Gasteiger partial charge on any atom is -0.394 e. The highest BCUT2D eigenvalue weighted by molar-refractivity contribution is 5.81. The van der Waals surface area contributed by atoms with Crippen molar-refractivity contribution in [2.24, 2.45) is 0 Å². The Hall–Kier alpha value is -2.32. The van der Waals surface area contributed by atoms with E-state index in [2.05, 4.69) is 20.9 Å². The van der Waals surface area contributed by atoms with E-state index >= 15 is 0 Å². The van der Waals surface area contributed by atoms with Crippen molar-refractivity contribution in [3.05, 3.63) is 12.4 Å². The molecule has 10 heteroatoms. The van der Waals surface area contributed by atoms with Gasteiger partial charge in [0, 0.05) is 0 Å². The van der Waals surface area contributed by atoms with Crippen molar-refractivity contribution in [2.45, 2.75) is 24.0 Å². The number of terminal acetylenes is 1. The summed E-state index contributed by atoms with van der Waals surface area (Å²) >= 11 is 0. The summed E-state index contributed by atoms with van der Waals surface area (Å²) in [6.07, 6.45) is 1.34. The van der Waals surface area contributed by atoms with Crippen LogP contribution in [0.2, 0.25) is 0 Å². The van der Waals surface area contributed by atoms with Gasteiger partial charge in [-0.1, -0.05) is 0 Å². The smallest absolute Gasteiger partial charge is 0.312 e. The molecule has 0 amide bonds. The number of rotatable bonds is 2. The van der Waals surface area contributed by atoms with E-state index in [1.807, 2.05) is 0 Å². The lowest BCUT2D eigenvalue weighted by molar-refractivity contribution is -0.103. The molecule has 1 aliphatic rings. The van der Waals surface area contributed by atoms with E-state index in [0.717, 1.165) is 10.9 Å². The Morgan fingerprint density at radius 1 is 1.50 bits per heavy atom. The fraction of sp³-hybridized carbons (Fsp3) is 0.417. The van der Waals surface area contributed by atoms with Gasteiger partial charge in [0.1, 0.15) is 24.6 Å². The minimum atomic E-state index is -1.91. The molecule has 5 N–H and O–H groups in total. The molecule has 1 saturated heterocycles. The average Bonchev–Trinajstić information content (AvgIpc) is 3.01. The molecular weight excluding hydrogens is 297 g/mol. The lowest BCUT2D eigenvalue weighted by Crippen LogP contribution is -2.44. The van der Waals surface area contributed by atoms with Gasteiger partial charge in [-0.2, -0.15) is 14.4 Å². The second-order valence-electron chi connectivity index (χ2n) is 4.78. The van der Waals surface area contributed by atoms with Crippen LogP contribution in [-0.4, -0.2) is 59.8 Å². The van der Waals surface area contributed by atoms with Gasteiger partial charge in [0.15, 0.2) is 17.0 Å². The molecule has 0 saturated carbocycles. The summed E-state index contributed by atoms with van der Waals surface area (Å²) in [4.78, 5) is 10.8. The molecule has 116 valence electrons. The highest BCUT2D eigenvalue weighted by atomic mass is 19.1. The van der Waals surface area contributed by atoms with Crippen molar-refractivity contribution in [1.82, 2.24) is 19.5 Å². The van der Waals surface area contributed by atoms with Crippen molar-refractivity contribution in [3.63, 3.8) is 0 Å². The fourth-order valence-corrected chi connectivity index (χ4v) is 2.48. The predicted molar refractivity (Wildman–Crippen MR) is 70.5 cm³/mol. The number of hydrogen-bond donors (Lipinski definition) is 4. The predicted octanol–water partition coefficient (Wildman–Crippen LogP) is -2.05. The molecule has 1 aliphatic heterocycles. The highest BCUT2D eigenvalue weighted by Crippen LogP contribution is 2.37. The van der Waals surface area contributed by atoms with Crippen LogP contribution in [0.5, 0.6) is 0 Å². The Morgan fingerprint density at radius 2 is 2.23 bits per heavy atom. The molecule has 22 heavy (non-hydrogen) atoms. The summed E-state index contributed by atoms with van der Waals surface area (Å²) in [7, 11) is 0. The maximum absolute atomic E-state index is 13.4. The number of imidazole rings is 1. The third-order valence-corrected chi connectivity index (χ3v) is 3.58. The van der Waals surface area contributed by atoms with Crippen molar-refractivity contribution < 1.29 is 24.4 Å². The van der Waals surface area contributed by atoms with Crippen LogP contribution in [0.15, 0.2) is 6.33 Å². The maximum atomic E-state index is 13.4. The lowest BCUT2D eigenvalue weighted by Gasteiger charge is -2.27. The van der Waals surface area contributed by atoms with E-state index in [0.29, 0.717) is 0 Å². The fourth-order valence-electron chi connectivity index (χ4n) is 2.48. The van der Waals surface area contributed by atoms with Crippen molar-refractivity contribution in [1.29, 1.82) is 0 Å². The van der Waals surface area contributed by atoms with Crippen LogP contribution in [0, 0.1) is 18.4 Å². The molecular formula is C12H12FN5O4. The average molecular weight is 309 g/mol. The first-order valence-electron chi connectivity index (χ1n) is 6.23. The first-order valence-corrected chi connectivity index (χ1v) is 6.23. The number of ether oxygens (including phenoxy) is 1. The largest absolute Gasteiger partial charge is 0.394 e. The van der Waals surface area contributed by atoms with Crippen LogP contribution in [0.1, 0.15) is 0 Å². The molecule has 9 nitrogen and oxygen atoms in total. The second kappa shape index (κ2) is 4.85. The summed E-state index contributed by atoms with van der Waals surface area (Å²) in [5.41, 5.74) is 3.61. The van der Waals surface area contributed by atoms with Crippen LogP contribution in [0.3, 0.4) is 0 Å². The van der Waals surface area contributed by atoms with Gasteiger partial charge in [0.05, 0.1) is 6.61 Å². The van der Waals surface area contributed by atoms with E-state index in [-0.39, 0.29) is 17.0 Å². The Balaban J connectivity index is 2.23. The SMILES string of the molecule is C#C[C@@]1(n2cnc3c(N)nc(F)nc32)O[C@H](CO)[C@@H](O)[C@H]1O. The number of nitrogens with zero attached hydrogens (tertiary/aromatic N) is 4. The minimum absolute atomic E-state index is 0.0637. The van der Waals surface area contributed by atoms with Crippen LogP contribution in [-0.2, 0) is 10.5 Å². The monoisotopic (exact) mass is 309 g/mol. The van der Waals surface area contributed by atoms with Gasteiger partial charge < -0.3 is 25.8 Å². The summed E-state index contributed by atoms with van der Waals surface area (Å²) in [6.45, 7) is -0.570. The third-order valence-electron chi connectivity index (χ3n) is 3.58. The van der Waals surface area contributed by atoms with Crippen molar-refractivity contribution in [2.75, 3.05) is 12.3 Å². The van der Waals surface area contributed by atoms with E-state index in [1.54, 1.807) is 0 Å². The van der Waals surface area contributed by atoms with E-state index in [1.165, 1.54) is 0 Å². The molecule has 2 aromatic heterocycles. The molecule has 0 spiro atoms. The summed E-state index contributed by atoms with van der Waals surface area (Å²) < 4.78 is 19.9. The Bertz CT molecular complexity index is 775. The Labute approximate surface area is 123 Å². The Kier molecular flexibility index (Phi) is 3.22. The third kappa shape index (κ3) is 1.77.